The molecule has 1 atom stereocenters. The van der Waals surface area contributed by atoms with Crippen LogP contribution in [-0.4, -0.2) is 40.2 Å². The maximum Gasteiger partial charge on any atom is 0.338 e. The van der Waals surface area contributed by atoms with Crippen molar-refractivity contribution in [2.45, 2.75) is 64.3 Å². The van der Waals surface area contributed by atoms with Crippen LogP contribution in [-0.2, 0) is 16.1 Å². The number of carbonyl (C=O) groups is 1. The molecule has 0 saturated carbocycles. The number of rotatable bonds is 13. The number of carbonyl (C=O) groups excluding carboxylic acids is 1. The Morgan fingerprint density at radius 3 is 2.69 bits per heavy atom. The van der Waals surface area contributed by atoms with Crippen molar-refractivity contribution in [3.63, 3.8) is 0 Å². The first-order chi connectivity index (χ1) is 18.9. The summed E-state index contributed by atoms with van der Waals surface area (Å²) in [7, 11) is 1.60. The van der Waals surface area contributed by atoms with Crippen molar-refractivity contribution in [1.29, 1.82) is 0 Å². The highest BCUT2D eigenvalue weighted by Crippen LogP contribution is 2.40. The molecule has 3 aromatic rings. The summed E-state index contributed by atoms with van der Waals surface area (Å²) in [5.41, 5.74) is 2.93. The van der Waals surface area contributed by atoms with Crippen molar-refractivity contribution in [2.24, 2.45) is 0 Å². The molecule has 0 fully saturated rings. The van der Waals surface area contributed by atoms with Gasteiger partial charge in [-0.1, -0.05) is 68.3 Å². The van der Waals surface area contributed by atoms with E-state index in [0.29, 0.717) is 52.1 Å². The van der Waals surface area contributed by atoms with Gasteiger partial charge in [0.25, 0.3) is 0 Å². The minimum Gasteiger partial charge on any atom is -0.493 e. The molecule has 39 heavy (non-hydrogen) atoms. The molecule has 2 heterocycles. The lowest BCUT2D eigenvalue weighted by molar-refractivity contribution is -0.139. The number of thioether (sulfide) groups is 1. The second-order valence-electron chi connectivity index (χ2n) is 9.25. The maximum absolute atomic E-state index is 13.3. The van der Waals surface area contributed by atoms with Crippen molar-refractivity contribution in [3.05, 3.63) is 69.9 Å². The number of anilines is 1. The van der Waals surface area contributed by atoms with Gasteiger partial charge in [-0.05, 0) is 55.2 Å². The molecule has 4 rings (SSSR count). The van der Waals surface area contributed by atoms with Crippen LogP contribution in [0.4, 0.5) is 5.95 Å². The third kappa shape index (κ3) is 7.08. The summed E-state index contributed by atoms with van der Waals surface area (Å²) in [5.74, 6) is 2.26. The number of methoxy groups -OCH3 is 1. The Kier molecular flexibility index (Phi) is 10.2. The zero-order valence-corrected chi connectivity index (χ0v) is 24.4. The Hall–Kier alpha value is -3.17. The Bertz CT molecular complexity index is 1330. The Morgan fingerprint density at radius 1 is 1.13 bits per heavy atom. The molecule has 0 spiro atoms. The Labute approximate surface area is 239 Å². The summed E-state index contributed by atoms with van der Waals surface area (Å²) in [5, 5.41) is 9.37. The van der Waals surface area contributed by atoms with Gasteiger partial charge in [0, 0.05) is 16.5 Å². The number of nitrogens with one attached hydrogen (secondary N) is 1. The van der Waals surface area contributed by atoms with Gasteiger partial charge < -0.3 is 19.5 Å². The van der Waals surface area contributed by atoms with Crippen molar-refractivity contribution in [1.82, 2.24) is 14.8 Å². The number of ether oxygens (including phenoxy) is 3. The van der Waals surface area contributed by atoms with Gasteiger partial charge in [-0.3, -0.25) is 0 Å². The maximum atomic E-state index is 13.3. The highest BCUT2D eigenvalue weighted by Gasteiger charge is 2.35. The fourth-order valence-corrected chi connectivity index (χ4v) is 5.35. The zero-order chi connectivity index (χ0) is 27.8. The molecule has 0 aliphatic carbocycles. The van der Waals surface area contributed by atoms with E-state index in [1.165, 1.54) is 0 Å². The monoisotopic (exact) mass is 570 g/mol. The van der Waals surface area contributed by atoms with E-state index < -0.39 is 6.04 Å². The summed E-state index contributed by atoms with van der Waals surface area (Å²) in [6.45, 7) is 6.78. The molecule has 0 bridgehead atoms. The predicted octanol–water partition coefficient (Wildman–Crippen LogP) is 7.04. The van der Waals surface area contributed by atoms with E-state index >= 15 is 0 Å². The van der Waals surface area contributed by atoms with Crippen LogP contribution in [0.25, 0.3) is 0 Å². The van der Waals surface area contributed by atoms with E-state index in [1.807, 2.05) is 49.4 Å². The SMILES string of the molecule is CCCCOC(=O)C1=C(C)Nc2nc(SCCCC)nn2C1c1ccc(OCc2cccc(Cl)c2)c(OC)c1. The smallest absolute Gasteiger partial charge is 0.338 e. The Balaban J connectivity index is 1.67. The molecule has 1 aliphatic heterocycles. The van der Waals surface area contributed by atoms with Crippen LogP contribution in [0.5, 0.6) is 11.5 Å². The van der Waals surface area contributed by atoms with E-state index in [-0.39, 0.29) is 5.97 Å². The first-order valence-electron chi connectivity index (χ1n) is 13.2. The van der Waals surface area contributed by atoms with Gasteiger partial charge in [-0.2, -0.15) is 4.98 Å². The number of allylic oxidation sites excluding steroid dienone is 1. The number of unbranched alkanes of at least 4 members (excludes halogenated alkanes) is 2. The highest BCUT2D eigenvalue weighted by atomic mass is 35.5. The number of hydrogen-bond donors (Lipinski definition) is 1. The molecule has 0 radical (unpaired) electrons. The van der Waals surface area contributed by atoms with Gasteiger partial charge in [0.15, 0.2) is 11.5 Å². The fourth-order valence-electron chi connectivity index (χ4n) is 4.22. The molecule has 10 heteroatoms. The summed E-state index contributed by atoms with van der Waals surface area (Å²) in [4.78, 5) is 18.0. The van der Waals surface area contributed by atoms with Gasteiger partial charge in [-0.25, -0.2) is 9.48 Å². The molecule has 1 N–H and O–H groups in total. The Morgan fingerprint density at radius 2 is 1.95 bits per heavy atom. The van der Waals surface area contributed by atoms with Gasteiger partial charge in [0.2, 0.25) is 11.1 Å². The molecular weight excluding hydrogens is 536 g/mol. The molecule has 1 aromatic heterocycles. The molecule has 0 amide bonds. The number of aromatic nitrogens is 3. The molecule has 0 saturated heterocycles. The second-order valence-corrected chi connectivity index (χ2v) is 10.7. The number of fused-ring (bicyclic) bond motifs is 1. The first-order valence-corrected chi connectivity index (χ1v) is 14.6. The quantitative estimate of drug-likeness (QED) is 0.133. The summed E-state index contributed by atoms with van der Waals surface area (Å²) >= 11 is 7.73. The van der Waals surface area contributed by atoms with Crippen LogP contribution >= 0.6 is 23.4 Å². The normalized spacial score (nSPS) is 14.5. The fraction of sp³-hybridized carbons (Fsp3) is 0.414. The van der Waals surface area contributed by atoms with Gasteiger partial charge >= 0.3 is 5.97 Å². The van der Waals surface area contributed by atoms with E-state index in [9.17, 15) is 4.79 Å². The largest absolute Gasteiger partial charge is 0.493 e. The molecule has 8 nitrogen and oxygen atoms in total. The average Bonchev–Trinajstić information content (AvgIpc) is 3.33. The predicted molar refractivity (Wildman–Crippen MR) is 155 cm³/mol. The van der Waals surface area contributed by atoms with Crippen molar-refractivity contribution < 1.29 is 19.0 Å². The van der Waals surface area contributed by atoms with Crippen molar-refractivity contribution in [2.75, 3.05) is 24.8 Å². The lowest BCUT2D eigenvalue weighted by Gasteiger charge is -2.28. The minimum absolute atomic E-state index is 0.337. The van der Waals surface area contributed by atoms with Crippen molar-refractivity contribution >= 4 is 35.3 Å². The van der Waals surface area contributed by atoms with Gasteiger partial charge in [0.1, 0.15) is 12.6 Å². The summed E-state index contributed by atoms with van der Waals surface area (Å²) < 4.78 is 19.2. The van der Waals surface area contributed by atoms with Crippen LogP contribution in [0.3, 0.4) is 0 Å². The molecule has 1 unspecified atom stereocenters. The standard InChI is InChI=1S/C29H35ClN4O4S/c1-5-7-14-37-27(35)25-19(3)31-28-32-29(39-15-8-6-2)33-34(28)26(25)21-12-13-23(24(17-21)36-4)38-18-20-10-9-11-22(30)16-20/h9-13,16-17,26H,5-8,14-15,18H2,1-4H3,(H,31,32,33). The number of hydrogen-bond acceptors (Lipinski definition) is 8. The number of halogens is 1. The van der Waals surface area contributed by atoms with E-state index in [4.69, 9.17) is 35.9 Å². The highest BCUT2D eigenvalue weighted by molar-refractivity contribution is 7.99. The lowest BCUT2D eigenvalue weighted by atomic mass is 9.95. The molecular formula is C29H35ClN4O4S. The van der Waals surface area contributed by atoms with Crippen LogP contribution < -0.4 is 14.8 Å². The first kappa shape index (κ1) is 28.8. The second kappa shape index (κ2) is 13.8. The lowest BCUT2D eigenvalue weighted by Crippen LogP contribution is -2.29. The summed E-state index contributed by atoms with van der Waals surface area (Å²) in [6, 6.07) is 12.6. The minimum atomic E-state index is -0.542. The molecule has 1 aliphatic rings. The number of nitrogens with zero attached hydrogens (tertiary/aromatic N) is 3. The van der Waals surface area contributed by atoms with Crippen LogP contribution in [0.1, 0.15) is 63.6 Å². The van der Waals surface area contributed by atoms with E-state index in [1.54, 1.807) is 23.6 Å². The van der Waals surface area contributed by atoms with Crippen molar-refractivity contribution in [3.8, 4) is 11.5 Å². The van der Waals surface area contributed by atoms with Crippen LogP contribution in [0, 0.1) is 0 Å². The third-order valence-corrected chi connectivity index (χ3v) is 7.46. The van der Waals surface area contributed by atoms with E-state index in [2.05, 4.69) is 19.2 Å². The van der Waals surface area contributed by atoms with Crippen LogP contribution in [0.15, 0.2) is 58.9 Å². The van der Waals surface area contributed by atoms with Gasteiger partial charge in [-0.15, -0.1) is 5.10 Å². The summed E-state index contributed by atoms with van der Waals surface area (Å²) in [6.07, 6.45) is 3.91. The topological polar surface area (TPSA) is 87.5 Å². The zero-order valence-electron chi connectivity index (χ0n) is 22.8. The molecule has 208 valence electrons. The third-order valence-electron chi connectivity index (χ3n) is 6.30. The number of esters is 1. The average molecular weight is 571 g/mol. The van der Waals surface area contributed by atoms with E-state index in [0.717, 1.165) is 42.6 Å². The van der Waals surface area contributed by atoms with Gasteiger partial charge in [0.05, 0.1) is 19.3 Å². The van der Waals surface area contributed by atoms with Crippen LogP contribution in [0.2, 0.25) is 5.02 Å². The molecule has 2 aromatic carbocycles. The number of benzene rings is 2.